The third kappa shape index (κ3) is 11.1. The van der Waals surface area contributed by atoms with Gasteiger partial charge in [-0.3, -0.25) is 9.59 Å². The third-order valence-corrected chi connectivity index (χ3v) is 2.81. The molecule has 17 heavy (non-hydrogen) atoms. The molecule has 0 aromatic heterocycles. The van der Waals surface area contributed by atoms with E-state index in [1.54, 1.807) is 0 Å². The fourth-order valence-electron chi connectivity index (χ4n) is 1.14. The predicted octanol–water partition coefficient (Wildman–Crippen LogP) is 1.09. The van der Waals surface area contributed by atoms with Crippen LogP contribution in [0, 0.1) is 11.3 Å². The van der Waals surface area contributed by atoms with E-state index in [1.807, 2.05) is 6.07 Å². The number of ether oxygens (including phenoxy) is 1. The van der Waals surface area contributed by atoms with Crippen LogP contribution in [-0.4, -0.2) is 37.0 Å². The van der Waals surface area contributed by atoms with Gasteiger partial charge in [0.05, 0.1) is 24.7 Å². The van der Waals surface area contributed by atoms with Crippen molar-refractivity contribution in [1.82, 2.24) is 5.32 Å². The summed E-state index contributed by atoms with van der Waals surface area (Å²) in [6.07, 6.45) is 2.96. The van der Waals surface area contributed by atoms with E-state index in [2.05, 4.69) is 10.1 Å². The van der Waals surface area contributed by atoms with Gasteiger partial charge in [0.15, 0.2) is 0 Å². The fraction of sp³-hybridized carbons (Fsp3) is 0.727. The van der Waals surface area contributed by atoms with Gasteiger partial charge in [-0.25, -0.2) is 0 Å². The maximum Gasteiger partial charge on any atom is 0.305 e. The second-order valence-corrected chi connectivity index (χ2v) is 4.37. The highest BCUT2D eigenvalue weighted by atomic mass is 32.2. The number of amides is 1. The van der Waals surface area contributed by atoms with Crippen LogP contribution >= 0.6 is 11.8 Å². The SMILES string of the molecule is COC(=O)CCCCCNC(=O)CSCC#N. The molecule has 0 heterocycles. The quantitative estimate of drug-likeness (QED) is 0.495. The first-order valence-electron chi connectivity index (χ1n) is 5.49. The Bertz CT molecular complexity index is 276. The number of thioether (sulfide) groups is 1. The van der Waals surface area contributed by atoms with Crippen LogP contribution in [0.2, 0.25) is 0 Å². The van der Waals surface area contributed by atoms with Crippen LogP contribution in [0.3, 0.4) is 0 Å². The first-order chi connectivity index (χ1) is 8.20. The Morgan fingerprint density at radius 3 is 2.76 bits per heavy atom. The molecule has 0 fully saturated rings. The van der Waals surface area contributed by atoms with Gasteiger partial charge < -0.3 is 10.1 Å². The van der Waals surface area contributed by atoms with Crippen LogP contribution in [0.1, 0.15) is 25.7 Å². The number of esters is 1. The highest BCUT2D eigenvalue weighted by Gasteiger charge is 2.01. The molecule has 0 aromatic carbocycles. The summed E-state index contributed by atoms with van der Waals surface area (Å²) in [4.78, 5) is 22.0. The van der Waals surface area contributed by atoms with E-state index in [4.69, 9.17) is 5.26 Å². The molecule has 0 spiro atoms. The summed E-state index contributed by atoms with van der Waals surface area (Å²) in [5, 5.41) is 11.0. The predicted molar refractivity (Wildman–Crippen MR) is 66.4 cm³/mol. The lowest BCUT2D eigenvalue weighted by Gasteiger charge is -2.03. The zero-order valence-electron chi connectivity index (χ0n) is 10.0. The molecule has 1 N–H and O–H groups in total. The molecule has 0 radical (unpaired) electrons. The van der Waals surface area contributed by atoms with Crippen molar-refractivity contribution >= 4 is 23.6 Å². The van der Waals surface area contributed by atoms with Crippen LogP contribution < -0.4 is 5.32 Å². The summed E-state index contributed by atoms with van der Waals surface area (Å²) in [5.41, 5.74) is 0. The molecule has 0 aliphatic heterocycles. The van der Waals surface area contributed by atoms with Crippen molar-refractivity contribution in [2.75, 3.05) is 25.2 Å². The van der Waals surface area contributed by atoms with E-state index in [9.17, 15) is 9.59 Å². The second-order valence-electron chi connectivity index (χ2n) is 3.39. The Morgan fingerprint density at radius 2 is 2.12 bits per heavy atom. The highest BCUT2D eigenvalue weighted by Crippen LogP contribution is 2.00. The van der Waals surface area contributed by atoms with Crippen LogP contribution in [0.5, 0.6) is 0 Å². The number of rotatable bonds is 9. The van der Waals surface area contributed by atoms with Gasteiger partial charge in [-0.15, -0.1) is 11.8 Å². The average Bonchev–Trinajstić information content (AvgIpc) is 2.33. The van der Waals surface area contributed by atoms with E-state index in [0.29, 0.717) is 24.5 Å². The van der Waals surface area contributed by atoms with E-state index in [-0.39, 0.29) is 11.9 Å². The topological polar surface area (TPSA) is 79.2 Å². The molecule has 0 aromatic rings. The van der Waals surface area contributed by atoms with E-state index < -0.39 is 0 Å². The van der Waals surface area contributed by atoms with Crippen molar-refractivity contribution in [3.8, 4) is 6.07 Å². The normalized spacial score (nSPS) is 9.41. The van der Waals surface area contributed by atoms with Crippen LogP contribution in [0.25, 0.3) is 0 Å². The van der Waals surface area contributed by atoms with E-state index >= 15 is 0 Å². The molecule has 0 atom stereocenters. The zero-order valence-corrected chi connectivity index (χ0v) is 10.8. The molecular weight excluding hydrogens is 240 g/mol. The molecule has 0 unspecified atom stereocenters. The van der Waals surface area contributed by atoms with E-state index in [1.165, 1.54) is 18.9 Å². The Labute approximate surface area is 106 Å². The maximum atomic E-state index is 11.2. The number of nitriles is 1. The van der Waals surface area contributed by atoms with Crippen molar-refractivity contribution in [2.45, 2.75) is 25.7 Å². The Morgan fingerprint density at radius 1 is 1.35 bits per heavy atom. The number of carbonyl (C=O) groups excluding carboxylic acids is 2. The summed E-state index contributed by atoms with van der Waals surface area (Å²) in [6, 6.07) is 1.96. The largest absolute Gasteiger partial charge is 0.469 e. The number of carbonyl (C=O) groups is 2. The Hall–Kier alpha value is -1.22. The molecule has 1 amide bonds. The first-order valence-corrected chi connectivity index (χ1v) is 6.64. The minimum atomic E-state index is -0.193. The number of nitrogens with zero attached hydrogens (tertiary/aromatic N) is 1. The summed E-state index contributed by atoms with van der Waals surface area (Å²) in [6.45, 7) is 0.618. The summed E-state index contributed by atoms with van der Waals surface area (Å²) >= 11 is 1.30. The molecule has 0 saturated carbocycles. The molecule has 0 aliphatic carbocycles. The number of unbranched alkanes of at least 4 members (excludes halogenated alkanes) is 2. The lowest BCUT2D eigenvalue weighted by Crippen LogP contribution is -2.26. The second kappa shape index (κ2) is 11.3. The lowest BCUT2D eigenvalue weighted by atomic mass is 10.2. The van der Waals surface area contributed by atoms with E-state index in [0.717, 1.165) is 19.3 Å². The molecule has 0 saturated heterocycles. The molecule has 6 heteroatoms. The minimum absolute atomic E-state index is 0.0433. The summed E-state index contributed by atoms with van der Waals surface area (Å²) < 4.78 is 4.51. The van der Waals surface area contributed by atoms with Crippen molar-refractivity contribution < 1.29 is 14.3 Å². The molecule has 96 valence electrons. The average molecular weight is 258 g/mol. The summed E-state index contributed by atoms with van der Waals surface area (Å²) in [7, 11) is 1.38. The first kappa shape index (κ1) is 15.8. The number of nitrogens with one attached hydrogen (secondary N) is 1. The van der Waals surface area contributed by atoms with Gasteiger partial charge in [0, 0.05) is 13.0 Å². The molecule has 5 nitrogen and oxygen atoms in total. The van der Waals surface area contributed by atoms with Crippen molar-refractivity contribution in [3.63, 3.8) is 0 Å². The van der Waals surface area contributed by atoms with Gasteiger partial charge in [-0.1, -0.05) is 6.42 Å². The van der Waals surface area contributed by atoms with Crippen LogP contribution in [0.4, 0.5) is 0 Å². The number of hydrogen-bond donors (Lipinski definition) is 1. The molecular formula is C11H18N2O3S. The smallest absolute Gasteiger partial charge is 0.305 e. The van der Waals surface area contributed by atoms with Gasteiger partial charge in [-0.2, -0.15) is 5.26 Å². The van der Waals surface area contributed by atoms with Crippen molar-refractivity contribution in [3.05, 3.63) is 0 Å². The third-order valence-electron chi connectivity index (χ3n) is 2.01. The monoisotopic (exact) mass is 258 g/mol. The Kier molecular flexibility index (Phi) is 10.5. The van der Waals surface area contributed by atoms with Gasteiger partial charge >= 0.3 is 5.97 Å². The van der Waals surface area contributed by atoms with Crippen LogP contribution in [0.15, 0.2) is 0 Å². The summed E-state index contributed by atoms with van der Waals surface area (Å²) in [5.74, 6) is 0.433. The fourth-order valence-corrected chi connectivity index (χ4v) is 1.62. The van der Waals surface area contributed by atoms with Crippen molar-refractivity contribution in [2.24, 2.45) is 0 Å². The Balaban J connectivity index is 3.25. The minimum Gasteiger partial charge on any atom is -0.469 e. The number of hydrogen-bond acceptors (Lipinski definition) is 5. The molecule has 0 rings (SSSR count). The van der Waals surface area contributed by atoms with Crippen LogP contribution in [-0.2, 0) is 14.3 Å². The molecule has 0 bridgehead atoms. The number of methoxy groups -OCH3 is 1. The van der Waals surface area contributed by atoms with Gasteiger partial charge in [0.2, 0.25) is 5.91 Å². The van der Waals surface area contributed by atoms with Gasteiger partial charge in [-0.05, 0) is 12.8 Å². The zero-order chi connectivity index (χ0) is 12.9. The maximum absolute atomic E-state index is 11.2. The highest BCUT2D eigenvalue weighted by molar-refractivity contribution is 8.00. The standard InChI is InChI=1S/C11H18N2O3S/c1-16-11(15)5-3-2-4-7-13-10(14)9-17-8-6-12/h2-5,7-9H2,1H3,(H,13,14). The lowest BCUT2D eigenvalue weighted by molar-refractivity contribution is -0.140. The van der Waals surface area contributed by atoms with Gasteiger partial charge in [0.25, 0.3) is 0 Å². The van der Waals surface area contributed by atoms with Crippen molar-refractivity contribution in [1.29, 1.82) is 5.26 Å². The molecule has 0 aliphatic rings. The van der Waals surface area contributed by atoms with Gasteiger partial charge in [0.1, 0.15) is 0 Å².